The molecule has 1 aromatic carbocycles. The van der Waals surface area contributed by atoms with E-state index in [0.29, 0.717) is 17.1 Å². The summed E-state index contributed by atoms with van der Waals surface area (Å²) in [6, 6.07) is 7.54. The molecule has 98 valence electrons. The lowest BCUT2D eigenvalue weighted by Gasteiger charge is -2.10. The molecule has 0 unspecified atom stereocenters. The molecule has 0 saturated carbocycles. The third-order valence-electron chi connectivity index (χ3n) is 2.42. The van der Waals surface area contributed by atoms with Crippen molar-refractivity contribution >= 4 is 23.1 Å². The number of amidine groups is 1. The smallest absolute Gasteiger partial charge is 0.152 e. The number of nitrogens with zero attached hydrogens (tertiary/aromatic N) is 1. The minimum atomic E-state index is -0.505. The van der Waals surface area contributed by atoms with Gasteiger partial charge >= 0.3 is 0 Å². The first-order valence-electron chi connectivity index (χ1n) is 5.42. The Morgan fingerprint density at radius 2 is 2.21 bits per heavy atom. The van der Waals surface area contributed by atoms with Crippen molar-refractivity contribution in [3.05, 3.63) is 53.1 Å². The standard InChI is InChI=1S/C13H11ClFN3O/c1-19-11-3-2-6-17-12(11)13(16)18-8-4-5-10(15)9(14)7-8/h2-7H,1H3,(H2,16,18). The summed E-state index contributed by atoms with van der Waals surface area (Å²) in [6.45, 7) is 0. The third-order valence-corrected chi connectivity index (χ3v) is 2.71. The van der Waals surface area contributed by atoms with Crippen LogP contribution in [0.25, 0.3) is 0 Å². The molecule has 0 aliphatic heterocycles. The van der Waals surface area contributed by atoms with E-state index in [0.717, 1.165) is 0 Å². The fraction of sp³-hybridized carbons (Fsp3) is 0.0769. The molecule has 2 aromatic rings. The van der Waals surface area contributed by atoms with E-state index in [1.54, 1.807) is 18.3 Å². The summed E-state index contributed by atoms with van der Waals surface area (Å²) >= 11 is 5.68. The second-order valence-electron chi connectivity index (χ2n) is 3.68. The van der Waals surface area contributed by atoms with Gasteiger partial charge in [0, 0.05) is 11.9 Å². The van der Waals surface area contributed by atoms with Crippen molar-refractivity contribution in [1.29, 1.82) is 5.41 Å². The molecular weight excluding hydrogens is 269 g/mol. The van der Waals surface area contributed by atoms with Crippen molar-refractivity contribution in [2.45, 2.75) is 0 Å². The van der Waals surface area contributed by atoms with Crippen LogP contribution in [0, 0.1) is 11.2 Å². The Labute approximate surface area is 114 Å². The molecule has 1 aromatic heterocycles. The first-order chi connectivity index (χ1) is 9.11. The number of hydrogen-bond donors (Lipinski definition) is 2. The van der Waals surface area contributed by atoms with Crippen molar-refractivity contribution < 1.29 is 9.13 Å². The maximum absolute atomic E-state index is 13.0. The molecule has 4 nitrogen and oxygen atoms in total. The Balaban J connectivity index is 2.23. The molecule has 0 aliphatic rings. The van der Waals surface area contributed by atoms with Crippen molar-refractivity contribution in [2.75, 3.05) is 12.4 Å². The van der Waals surface area contributed by atoms with Gasteiger partial charge in [-0.3, -0.25) is 5.41 Å². The number of rotatable bonds is 3. The molecule has 19 heavy (non-hydrogen) atoms. The number of pyridine rings is 1. The third kappa shape index (κ3) is 3.00. The van der Waals surface area contributed by atoms with Crippen LogP contribution in [0.15, 0.2) is 36.5 Å². The average molecular weight is 280 g/mol. The molecule has 0 atom stereocenters. The molecule has 2 N–H and O–H groups in total. The molecule has 1 heterocycles. The Hall–Kier alpha value is -2.14. The van der Waals surface area contributed by atoms with Gasteiger partial charge in [0.15, 0.2) is 5.84 Å². The molecule has 0 amide bonds. The van der Waals surface area contributed by atoms with Crippen LogP contribution in [0.4, 0.5) is 10.1 Å². The van der Waals surface area contributed by atoms with Gasteiger partial charge in [0.2, 0.25) is 0 Å². The highest BCUT2D eigenvalue weighted by Gasteiger charge is 2.10. The van der Waals surface area contributed by atoms with Crippen LogP contribution in [0.1, 0.15) is 5.69 Å². The predicted molar refractivity (Wildman–Crippen MR) is 72.7 cm³/mol. The van der Waals surface area contributed by atoms with Crippen molar-refractivity contribution in [3.8, 4) is 5.75 Å². The zero-order valence-electron chi connectivity index (χ0n) is 10.1. The Morgan fingerprint density at radius 3 is 2.89 bits per heavy atom. The van der Waals surface area contributed by atoms with E-state index >= 15 is 0 Å². The lowest BCUT2D eigenvalue weighted by Crippen LogP contribution is -2.15. The largest absolute Gasteiger partial charge is 0.494 e. The fourth-order valence-corrected chi connectivity index (χ4v) is 1.70. The summed E-state index contributed by atoms with van der Waals surface area (Å²) in [7, 11) is 1.50. The summed E-state index contributed by atoms with van der Waals surface area (Å²) in [5, 5.41) is 10.7. The SMILES string of the molecule is COc1cccnc1C(=N)Nc1ccc(F)c(Cl)c1. The Bertz CT molecular complexity index is 619. The summed E-state index contributed by atoms with van der Waals surface area (Å²) < 4.78 is 18.1. The van der Waals surface area contributed by atoms with Gasteiger partial charge in [0.25, 0.3) is 0 Å². The predicted octanol–water partition coefficient (Wildman–Crippen LogP) is 3.32. The van der Waals surface area contributed by atoms with Crippen LogP contribution >= 0.6 is 11.6 Å². The molecule has 0 aliphatic carbocycles. The zero-order valence-corrected chi connectivity index (χ0v) is 10.8. The van der Waals surface area contributed by atoms with Gasteiger partial charge in [0.1, 0.15) is 17.3 Å². The normalized spacial score (nSPS) is 10.1. The Kier molecular flexibility index (Phi) is 3.97. The maximum Gasteiger partial charge on any atom is 0.152 e. The van der Waals surface area contributed by atoms with Gasteiger partial charge < -0.3 is 10.1 Å². The van der Waals surface area contributed by atoms with Gasteiger partial charge in [-0.2, -0.15) is 0 Å². The van der Waals surface area contributed by atoms with E-state index in [2.05, 4.69) is 10.3 Å². The number of hydrogen-bond acceptors (Lipinski definition) is 3. The quantitative estimate of drug-likeness (QED) is 0.669. The van der Waals surface area contributed by atoms with Gasteiger partial charge in [-0.05, 0) is 30.3 Å². The van der Waals surface area contributed by atoms with Crippen molar-refractivity contribution in [2.24, 2.45) is 0 Å². The number of halogens is 2. The number of methoxy groups -OCH3 is 1. The highest BCUT2D eigenvalue weighted by atomic mass is 35.5. The number of benzene rings is 1. The molecule has 0 saturated heterocycles. The number of nitrogens with one attached hydrogen (secondary N) is 2. The van der Waals surface area contributed by atoms with Gasteiger partial charge in [-0.15, -0.1) is 0 Å². The number of ether oxygens (including phenoxy) is 1. The van der Waals surface area contributed by atoms with E-state index in [1.165, 1.54) is 25.3 Å². The minimum absolute atomic E-state index is 0.00853. The van der Waals surface area contributed by atoms with Crippen molar-refractivity contribution in [1.82, 2.24) is 4.98 Å². The van der Waals surface area contributed by atoms with Crippen molar-refractivity contribution in [3.63, 3.8) is 0 Å². The van der Waals surface area contributed by atoms with E-state index in [1.807, 2.05) is 0 Å². The second kappa shape index (κ2) is 5.67. The number of aromatic nitrogens is 1. The van der Waals surface area contributed by atoms with E-state index in [9.17, 15) is 4.39 Å². The second-order valence-corrected chi connectivity index (χ2v) is 4.09. The monoisotopic (exact) mass is 279 g/mol. The minimum Gasteiger partial charge on any atom is -0.494 e. The molecule has 6 heteroatoms. The molecule has 0 spiro atoms. The number of anilines is 1. The van der Waals surface area contributed by atoms with Crippen LogP contribution < -0.4 is 10.1 Å². The first kappa shape index (κ1) is 13.3. The zero-order chi connectivity index (χ0) is 13.8. The summed E-state index contributed by atoms with van der Waals surface area (Å²) in [6.07, 6.45) is 1.56. The van der Waals surface area contributed by atoms with E-state index in [-0.39, 0.29) is 10.9 Å². The van der Waals surface area contributed by atoms with Crippen LogP contribution in [0.2, 0.25) is 5.02 Å². The highest BCUT2D eigenvalue weighted by molar-refractivity contribution is 6.31. The summed E-state index contributed by atoms with van der Waals surface area (Å²) in [5.41, 5.74) is 0.870. The van der Waals surface area contributed by atoms with Crippen LogP contribution in [0.5, 0.6) is 5.75 Å². The van der Waals surface area contributed by atoms with Crippen LogP contribution in [0.3, 0.4) is 0 Å². The van der Waals surface area contributed by atoms with Gasteiger partial charge in [0.05, 0.1) is 12.1 Å². The molecule has 2 rings (SSSR count). The summed E-state index contributed by atoms with van der Waals surface area (Å²) in [4.78, 5) is 4.07. The van der Waals surface area contributed by atoms with E-state index in [4.69, 9.17) is 21.7 Å². The first-order valence-corrected chi connectivity index (χ1v) is 5.79. The van der Waals surface area contributed by atoms with Crippen LogP contribution in [-0.4, -0.2) is 17.9 Å². The van der Waals surface area contributed by atoms with E-state index < -0.39 is 5.82 Å². The molecule has 0 fully saturated rings. The molecular formula is C13H11ClFN3O. The molecule has 0 bridgehead atoms. The fourth-order valence-electron chi connectivity index (χ4n) is 1.52. The lowest BCUT2D eigenvalue weighted by atomic mass is 10.2. The topological polar surface area (TPSA) is 58.0 Å². The lowest BCUT2D eigenvalue weighted by molar-refractivity contribution is 0.412. The summed E-state index contributed by atoms with van der Waals surface area (Å²) in [5.74, 6) is 0.0162. The molecule has 0 radical (unpaired) electrons. The van der Waals surface area contributed by atoms with Gasteiger partial charge in [-0.25, -0.2) is 9.37 Å². The average Bonchev–Trinajstić information content (AvgIpc) is 2.43. The van der Waals surface area contributed by atoms with Gasteiger partial charge in [-0.1, -0.05) is 11.6 Å². The Morgan fingerprint density at radius 1 is 1.42 bits per heavy atom. The highest BCUT2D eigenvalue weighted by Crippen LogP contribution is 2.21. The maximum atomic E-state index is 13.0. The van der Waals surface area contributed by atoms with Crippen LogP contribution in [-0.2, 0) is 0 Å².